The fourth-order valence-corrected chi connectivity index (χ4v) is 4.56. The molecule has 3 rings (SSSR count). The van der Waals surface area contributed by atoms with Crippen LogP contribution >= 0.6 is 0 Å². The van der Waals surface area contributed by atoms with Crippen LogP contribution in [0.25, 0.3) is 0 Å². The summed E-state index contributed by atoms with van der Waals surface area (Å²) in [6.07, 6.45) is -20.3. The number of hydrogen-bond donors (Lipinski definition) is 0. The maximum absolute atomic E-state index is 13.4. The maximum Gasteiger partial charge on any atom is 0.434 e. The molecule has 0 aliphatic carbocycles. The minimum Gasteiger partial charge on any atom is -0.426 e. The van der Waals surface area contributed by atoms with Gasteiger partial charge in [-0.05, 0) is 30.5 Å². The average Bonchev–Trinajstić information content (AvgIpc) is 2.81. The third-order valence-electron chi connectivity index (χ3n) is 6.60. The molecule has 1 aromatic rings. The number of ether oxygens (including phenoxy) is 1. The van der Waals surface area contributed by atoms with Crippen LogP contribution in [0.1, 0.15) is 30.9 Å². The van der Waals surface area contributed by atoms with Gasteiger partial charge in [0.15, 0.2) is 0 Å². The summed E-state index contributed by atoms with van der Waals surface area (Å²) in [5.74, 6) is 0. The lowest BCUT2D eigenvalue weighted by molar-refractivity contribution is -0.308. The molecule has 6 nitrogen and oxygen atoms in total. The van der Waals surface area contributed by atoms with Gasteiger partial charge in [0.25, 0.3) is 6.10 Å². The minimum atomic E-state index is -5.83. The number of piperidine rings is 1. The Bertz CT molecular complexity index is 991. The van der Waals surface area contributed by atoms with Crippen LogP contribution in [0.15, 0.2) is 18.2 Å². The second kappa shape index (κ2) is 10.8. The van der Waals surface area contributed by atoms with E-state index in [0.29, 0.717) is 24.9 Å². The topological polar surface area (TPSA) is 53.1 Å². The Morgan fingerprint density at radius 2 is 1.61 bits per heavy atom. The van der Waals surface area contributed by atoms with Crippen LogP contribution < -0.4 is 4.90 Å². The van der Waals surface area contributed by atoms with E-state index < -0.39 is 41.7 Å². The second-order valence-corrected chi connectivity index (χ2v) is 9.75. The third kappa shape index (κ3) is 7.23. The van der Waals surface area contributed by atoms with E-state index in [1.54, 1.807) is 16.7 Å². The zero-order valence-electron chi connectivity index (χ0n) is 20.2. The molecule has 1 unspecified atom stereocenters. The van der Waals surface area contributed by atoms with Gasteiger partial charge in [0, 0.05) is 56.9 Å². The summed E-state index contributed by atoms with van der Waals surface area (Å²) in [6, 6.07) is 3.24. The van der Waals surface area contributed by atoms with Crippen LogP contribution in [0.3, 0.4) is 0 Å². The Hall–Kier alpha value is -2.71. The molecule has 38 heavy (non-hydrogen) atoms. The van der Waals surface area contributed by atoms with Gasteiger partial charge >= 0.3 is 24.6 Å². The Morgan fingerprint density at radius 3 is 2.13 bits per heavy atom. The van der Waals surface area contributed by atoms with Crippen LogP contribution in [0.4, 0.5) is 50.0 Å². The summed E-state index contributed by atoms with van der Waals surface area (Å²) in [5.41, 5.74) is -0.822. The van der Waals surface area contributed by atoms with E-state index in [0.717, 1.165) is 23.3 Å². The molecule has 2 saturated heterocycles. The van der Waals surface area contributed by atoms with Gasteiger partial charge in [-0.25, -0.2) is 4.79 Å². The molecule has 1 atom stereocenters. The van der Waals surface area contributed by atoms with Gasteiger partial charge in [-0.1, -0.05) is 13.0 Å². The molecule has 2 fully saturated rings. The van der Waals surface area contributed by atoms with Crippen molar-refractivity contribution < 1.29 is 53.8 Å². The first-order valence-electron chi connectivity index (χ1n) is 11.7. The summed E-state index contributed by atoms with van der Waals surface area (Å²) >= 11 is 0. The van der Waals surface area contributed by atoms with Crippen molar-refractivity contribution in [1.82, 2.24) is 9.80 Å². The van der Waals surface area contributed by atoms with E-state index in [-0.39, 0.29) is 45.0 Å². The SMILES string of the molecule is CC1(C=O)CCCN(c2cc(C(F)(F)F)ccc2CN2CCN(C(=O)OC(C(F)(F)F)C(F)(F)F)CC2)C1. The molecule has 0 bridgehead atoms. The number of nitrogens with zero attached hydrogens (tertiary/aromatic N) is 3. The zero-order chi connectivity index (χ0) is 28.5. The second-order valence-electron chi connectivity index (χ2n) is 9.75. The number of aldehydes is 1. The Kier molecular flexibility index (Phi) is 8.49. The standard InChI is InChI=1S/C23H26F9N3O3/c1-20(14-36)5-2-6-35(13-20)17-11-16(21(24,25)26)4-3-15(17)12-33-7-9-34(10-8-33)19(37)38-18(22(27,28)29)23(30,31)32/h3-4,11,14,18H,2,5-10,12-13H2,1H3. The first-order valence-corrected chi connectivity index (χ1v) is 11.7. The maximum atomic E-state index is 13.4. The van der Waals surface area contributed by atoms with Crippen molar-refractivity contribution in [3.8, 4) is 0 Å². The number of benzene rings is 1. The molecule has 0 spiro atoms. The molecule has 0 N–H and O–H groups in total. The predicted octanol–water partition coefficient (Wildman–Crippen LogP) is 5.26. The minimum absolute atomic E-state index is 0.0321. The van der Waals surface area contributed by atoms with E-state index in [4.69, 9.17) is 0 Å². The number of anilines is 1. The van der Waals surface area contributed by atoms with Crippen LogP contribution in [-0.2, 0) is 22.3 Å². The summed E-state index contributed by atoms with van der Waals surface area (Å²) in [5, 5.41) is 0. The van der Waals surface area contributed by atoms with Crippen molar-refractivity contribution >= 4 is 18.1 Å². The monoisotopic (exact) mass is 563 g/mol. The van der Waals surface area contributed by atoms with Gasteiger partial charge in [-0.15, -0.1) is 0 Å². The number of carbonyl (C=O) groups is 2. The molecule has 2 aliphatic rings. The van der Waals surface area contributed by atoms with E-state index in [9.17, 15) is 49.1 Å². The molecule has 1 amide bonds. The summed E-state index contributed by atoms with van der Waals surface area (Å²) in [6.45, 7) is 2.04. The molecule has 15 heteroatoms. The van der Waals surface area contributed by atoms with E-state index in [2.05, 4.69) is 4.74 Å². The molecule has 2 aliphatic heterocycles. The van der Waals surface area contributed by atoms with E-state index >= 15 is 0 Å². The lowest BCUT2D eigenvalue weighted by Crippen LogP contribution is -2.52. The molecule has 1 aromatic carbocycles. The molecule has 2 heterocycles. The number of carbonyl (C=O) groups excluding carboxylic acids is 2. The van der Waals surface area contributed by atoms with Gasteiger partial charge in [0.05, 0.1) is 5.56 Å². The van der Waals surface area contributed by atoms with E-state index in [1.807, 2.05) is 0 Å². The Balaban J connectivity index is 1.72. The highest BCUT2D eigenvalue weighted by Crippen LogP contribution is 2.38. The number of amides is 1. The lowest BCUT2D eigenvalue weighted by Gasteiger charge is -2.40. The largest absolute Gasteiger partial charge is 0.434 e. The van der Waals surface area contributed by atoms with Gasteiger partial charge < -0.3 is 19.3 Å². The molecular weight excluding hydrogens is 537 g/mol. The van der Waals surface area contributed by atoms with Crippen molar-refractivity contribution in [3.63, 3.8) is 0 Å². The number of halogens is 9. The number of rotatable bonds is 5. The predicted molar refractivity (Wildman–Crippen MR) is 116 cm³/mol. The van der Waals surface area contributed by atoms with Crippen LogP contribution in [0.2, 0.25) is 0 Å². The van der Waals surface area contributed by atoms with Crippen LogP contribution in [0, 0.1) is 5.41 Å². The van der Waals surface area contributed by atoms with Gasteiger partial charge in [0.2, 0.25) is 0 Å². The third-order valence-corrected chi connectivity index (χ3v) is 6.60. The smallest absolute Gasteiger partial charge is 0.426 e. The highest BCUT2D eigenvalue weighted by Gasteiger charge is 2.60. The normalized spacial score (nSPS) is 22.1. The van der Waals surface area contributed by atoms with E-state index in [1.165, 1.54) is 6.07 Å². The number of hydrogen-bond acceptors (Lipinski definition) is 5. The van der Waals surface area contributed by atoms with Crippen molar-refractivity contribution in [1.29, 1.82) is 0 Å². The van der Waals surface area contributed by atoms with Gasteiger partial charge in [-0.3, -0.25) is 4.90 Å². The number of alkyl halides is 9. The van der Waals surface area contributed by atoms with Crippen molar-refractivity contribution in [2.24, 2.45) is 5.41 Å². The molecule has 0 aromatic heterocycles. The van der Waals surface area contributed by atoms with Crippen molar-refractivity contribution in [2.45, 2.75) is 50.9 Å². The molecule has 0 radical (unpaired) electrons. The molecule has 0 saturated carbocycles. The van der Waals surface area contributed by atoms with Crippen molar-refractivity contribution in [3.05, 3.63) is 29.3 Å². The van der Waals surface area contributed by atoms with Crippen LogP contribution in [0.5, 0.6) is 0 Å². The zero-order valence-corrected chi connectivity index (χ0v) is 20.2. The first-order chi connectivity index (χ1) is 17.4. The molecule has 214 valence electrons. The Morgan fingerprint density at radius 1 is 1.00 bits per heavy atom. The molecular formula is C23H26F9N3O3. The van der Waals surface area contributed by atoms with Gasteiger partial charge in [0.1, 0.15) is 6.29 Å². The lowest BCUT2D eigenvalue weighted by atomic mass is 9.83. The summed E-state index contributed by atoms with van der Waals surface area (Å²) in [7, 11) is 0. The Labute approximate surface area is 212 Å². The quantitative estimate of drug-likeness (QED) is 0.362. The average molecular weight is 563 g/mol. The van der Waals surface area contributed by atoms with Crippen molar-refractivity contribution in [2.75, 3.05) is 44.2 Å². The highest BCUT2D eigenvalue weighted by molar-refractivity contribution is 5.68. The summed E-state index contributed by atoms with van der Waals surface area (Å²) < 4.78 is 120. The summed E-state index contributed by atoms with van der Waals surface area (Å²) in [4.78, 5) is 27.7. The highest BCUT2D eigenvalue weighted by atomic mass is 19.4. The fourth-order valence-electron chi connectivity index (χ4n) is 4.56. The van der Waals surface area contributed by atoms with Crippen LogP contribution in [-0.4, -0.2) is 79.9 Å². The van der Waals surface area contributed by atoms with Gasteiger partial charge in [-0.2, -0.15) is 39.5 Å². The fraction of sp³-hybridized carbons (Fsp3) is 0.652. The first kappa shape index (κ1) is 29.8. The number of piperazine rings is 1.